The molecule has 33 heavy (non-hydrogen) atoms. The first-order valence-electron chi connectivity index (χ1n) is 10.9. The SMILES string of the molecule is Cc1cc(C)cc(OCc2c(C(=O)N3CCN(Cc4ccc(Cl)cc4Cl)CC3)noc2C)c1. The molecule has 1 aliphatic heterocycles. The molecule has 0 radical (unpaired) electrons. The Kier molecular flexibility index (Phi) is 7.27. The summed E-state index contributed by atoms with van der Waals surface area (Å²) in [5.74, 6) is 1.23. The number of nitrogens with zero attached hydrogens (tertiary/aromatic N) is 3. The third kappa shape index (κ3) is 5.69. The van der Waals surface area contributed by atoms with E-state index < -0.39 is 0 Å². The molecule has 2 aromatic carbocycles. The summed E-state index contributed by atoms with van der Waals surface area (Å²) in [5.41, 5.74) is 4.29. The zero-order chi connectivity index (χ0) is 23.5. The van der Waals surface area contributed by atoms with Gasteiger partial charge in [0.2, 0.25) is 0 Å². The number of hydrogen-bond donors (Lipinski definition) is 0. The second-order valence-corrected chi connectivity index (χ2v) is 9.33. The van der Waals surface area contributed by atoms with Gasteiger partial charge in [0.25, 0.3) is 5.91 Å². The number of amides is 1. The van der Waals surface area contributed by atoms with Crippen molar-refractivity contribution >= 4 is 29.1 Å². The van der Waals surface area contributed by atoms with Crippen LogP contribution < -0.4 is 4.74 Å². The smallest absolute Gasteiger partial charge is 0.276 e. The topological polar surface area (TPSA) is 58.8 Å². The number of ether oxygens (including phenoxy) is 1. The van der Waals surface area contributed by atoms with Gasteiger partial charge in [0, 0.05) is 42.8 Å². The average Bonchev–Trinajstić information content (AvgIpc) is 3.14. The van der Waals surface area contributed by atoms with Gasteiger partial charge < -0.3 is 14.2 Å². The van der Waals surface area contributed by atoms with E-state index in [2.05, 4.69) is 16.1 Å². The molecule has 0 atom stereocenters. The minimum absolute atomic E-state index is 0.130. The molecule has 1 aliphatic rings. The van der Waals surface area contributed by atoms with Crippen LogP contribution in [0.5, 0.6) is 5.75 Å². The average molecular weight is 488 g/mol. The van der Waals surface area contributed by atoms with Crippen LogP contribution in [0.25, 0.3) is 0 Å². The molecule has 8 heteroatoms. The molecule has 0 spiro atoms. The molecule has 1 saturated heterocycles. The second kappa shape index (κ2) is 10.2. The van der Waals surface area contributed by atoms with Crippen LogP contribution in [0, 0.1) is 20.8 Å². The predicted octanol–water partition coefficient (Wildman–Crippen LogP) is 5.44. The number of rotatable bonds is 6. The Balaban J connectivity index is 1.38. The Morgan fingerprint density at radius 3 is 2.39 bits per heavy atom. The highest BCUT2D eigenvalue weighted by atomic mass is 35.5. The molecule has 2 heterocycles. The lowest BCUT2D eigenvalue weighted by molar-refractivity contribution is 0.0616. The zero-order valence-electron chi connectivity index (χ0n) is 19.0. The maximum Gasteiger partial charge on any atom is 0.276 e. The lowest BCUT2D eigenvalue weighted by Gasteiger charge is -2.34. The van der Waals surface area contributed by atoms with Gasteiger partial charge in [0.05, 0.1) is 5.56 Å². The largest absolute Gasteiger partial charge is 0.489 e. The third-order valence-corrected chi connectivity index (χ3v) is 6.42. The number of aromatic nitrogens is 1. The number of piperazine rings is 1. The van der Waals surface area contributed by atoms with Crippen molar-refractivity contribution in [3.63, 3.8) is 0 Å². The molecule has 0 saturated carbocycles. The van der Waals surface area contributed by atoms with Crippen LogP contribution in [0.4, 0.5) is 0 Å². The standard InChI is InChI=1S/C25H27Cl2N3O3/c1-16-10-17(2)12-21(11-16)32-15-22-18(3)33-28-24(22)25(31)30-8-6-29(7-9-30)14-19-4-5-20(26)13-23(19)27/h4-5,10-13H,6-9,14-15H2,1-3H3. The van der Waals surface area contributed by atoms with Crippen molar-refractivity contribution in [2.75, 3.05) is 26.2 Å². The molecule has 3 aromatic rings. The highest BCUT2D eigenvalue weighted by Gasteiger charge is 2.28. The van der Waals surface area contributed by atoms with E-state index >= 15 is 0 Å². The molecule has 1 aromatic heterocycles. The van der Waals surface area contributed by atoms with Crippen molar-refractivity contribution in [1.82, 2.24) is 15.0 Å². The van der Waals surface area contributed by atoms with Gasteiger partial charge in [-0.15, -0.1) is 0 Å². The van der Waals surface area contributed by atoms with Crippen LogP contribution >= 0.6 is 23.2 Å². The number of hydrogen-bond acceptors (Lipinski definition) is 5. The minimum atomic E-state index is -0.130. The molecular weight excluding hydrogens is 461 g/mol. The van der Waals surface area contributed by atoms with Crippen molar-refractivity contribution in [2.45, 2.75) is 33.9 Å². The molecule has 0 N–H and O–H groups in total. The van der Waals surface area contributed by atoms with Crippen LogP contribution in [0.2, 0.25) is 10.0 Å². The Morgan fingerprint density at radius 1 is 1.03 bits per heavy atom. The van der Waals surface area contributed by atoms with Crippen LogP contribution in [-0.2, 0) is 13.2 Å². The van der Waals surface area contributed by atoms with Crippen molar-refractivity contribution in [3.8, 4) is 5.75 Å². The minimum Gasteiger partial charge on any atom is -0.489 e. The summed E-state index contributed by atoms with van der Waals surface area (Å²) in [4.78, 5) is 17.3. The summed E-state index contributed by atoms with van der Waals surface area (Å²) in [6, 6.07) is 11.6. The van der Waals surface area contributed by atoms with Gasteiger partial charge >= 0.3 is 0 Å². The predicted molar refractivity (Wildman–Crippen MR) is 129 cm³/mol. The first-order valence-corrected chi connectivity index (χ1v) is 11.7. The monoisotopic (exact) mass is 487 g/mol. The van der Waals surface area contributed by atoms with Crippen LogP contribution in [0.15, 0.2) is 40.9 Å². The van der Waals surface area contributed by atoms with E-state index in [0.717, 1.165) is 42.1 Å². The van der Waals surface area contributed by atoms with E-state index in [1.54, 1.807) is 13.0 Å². The molecular formula is C25H27Cl2N3O3. The Morgan fingerprint density at radius 2 is 1.73 bits per heavy atom. The Labute approximate surface area is 204 Å². The van der Waals surface area contributed by atoms with Gasteiger partial charge in [0.1, 0.15) is 18.1 Å². The van der Waals surface area contributed by atoms with Crippen molar-refractivity contribution in [2.24, 2.45) is 0 Å². The highest BCUT2D eigenvalue weighted by molar-refractivity contribution is 6.35. The van der Waals surface area contributed by atoms with Crippen molar-refractivity contribution < 1.29 is 14.1 Å². The number of benzene rings is 2. The number of aryl methyl sites for hydroxylation is 3. The van der Waals surface area contributed by atoms with Gasteiger partial charge in [-0.1, -0.05) is 40.5 Å². The summed E-state index contributed by atoms with van der Waals surface area (Å²) in [6.07, 6.45) is 0. The van der Waals surface area contributed by atoms with Gasteiger partial charge in [-0.2, -0.15) is 0 Å². The van der Waals surface area contributed by atoms with Gasteiger partial charge in [-0.3, -0.25) is 9.69 Å². The normalized spacial score (nSPS) is 14.5. The maximum atomic E-state index is 13.2. The molecule has 4 rings (SSSR count). The quantitative estimate of drug-likeness (QED) is 0.462. The first-order chi connectivity index (χ1) is 15.8. The summed E-state index contributed by atoms with van der Waals surface area (Å²) in [7, 11) is 0. The van der Waals surface area contributed by atoms with E-state index in [9.17, 15) is 4.79 Å². The molecule has 0 unspecified atom stereocenters. The molecule has 0 bridgehead atoms. The third-order valence-electron chi connectivity index (χ3n) is 5.83. The fourth-order valence-electron chi connectivity index (χ4n) is 4.05. The molecule has 174 valence electrons. The Bertz CT molecular complexity index is 1130. The molecule has 1 fully saturated rings. The van der Waals surface area contributed by atoms with Crippen molar-refractivity contribution in [3.05, 3.63) is 80.2 Å². The fraction of sp³-hybridized carbons (Fsp3) is 0.360. The first kappa shape index (κ1) is 23.6. The molecule has 0 aliphatic carbocycles. The van der Waals surface area contributed by atoms with E-state index in [-0.39, 0.29) is 12.5 Å². The zero-order valence-corrected chi connectivity index (χ0v) is 20.5. The summed E-state index contributed by atoms with van der Waals surface area (Å²) in [6.45, 7) is 9.51. The van der Waals surface area contributed by atoms with Crippen LogP contribution in [0.1, 0.15) is 38.5 Å². The van der Waals surface area contributed by atoms with Crippen LogP contribution in [-0.4, -0.2) is 47.0 Å². The fourth-order valence-corrected chi connectivity index (χ4v) is 4.52. The summed E-state index contributed by atoms with van der Waals surface area (Å²) in [5, 5.41) is 5.34. The summed E-state index contributed by atoms with van der Waals surface area (Å²) >= 11 is 12.3. The van der Waals surface area contributed by atoms with Gasteiger partial charge in [-0.05, 0) is 61.7 Å². The number of carbonyl (C=O) groups excluding carboxylic acids is 1. The van der Waals surface area contributed by atoms with E-state index in [1.165, 1.54) is 0 Å². The molecule has 6 nitrogen and oxygen atoms in total. The van der Waals surface area contributed by atoms with Gasteiger partial charge in [-0.25, -0.2) is 0 Å². The Hall–Kier alpha value is -2.54. The van der Waals surface area contributed by atoms with E-state index in [0.29, 0.717) is 40.2 Å². The second-order valence-electron chi connectivity index (χ2n) is 8.48. The van der Waals surface area contributed by atoms with Crippen molar-refractivity contribution in [1.29, 1.82) is 0 Å². The van der Waals surface area contributed by atoms with E-state index in [4.69, 9.17) is 32.5 Å². The lowest BCUT2D eigenvalue weighted by Crippen LogP contribution is -2.48. The van der Waals surface area contributed by atoms with Gasteiger partial charge in [0.15, 0.2) is 5.69 Å². The van der Waals surface area contributed by atoms with E-state index in [1.807, 2.05) is 43.0 Å². The van der Waals surface area contributed by atoms with Crippen LogP contribution in [0.3, 0.4) is 0 Å². The summed E-state index contributed by atoms with van der Waals surface area (Å²) < 4.78 is 11.3. The lowest BCUT2D eigenvalue weighted by atomic mass is 10.1. The number of carbonyl (C=O) groups is 1. The molecule has 1 amide bonds. The number of halogens is 2. The maximum absolute atomic E-state index is 13.2. The highest BCUT2D eigenvalue weighted by Crippen LogP contribution is 2.24.